The van der Waals surface area contributed by atoms with Gasteiger partial charge in [-0.15, -0.1) is 26.3 Å². The second-order valence-electron chi connectivity index (χ2n) is 46.1. The molecule has 0 aliphatic heterocycles. The Kier molecular flexibility index (Phi) is 52.5. The molecule has 0 radical (unpaired) electrons. The maximum atomic E-state index is 12.8. The first-order chi connectivity index (χ1) is 56.8. The highest BCUT2D eigenvalue weighted by molar-refractivity contribution is 5.91. The Hall–Kier alpha value is -7.40. The van der Waals surface area contributed by atoms with Crippen molar-refractivity contribution >= 4 is 70.9 Å². The molecular formula is C101H198N12O12. The van der Waals surface area contributed by atoms with E-state index in [1.54, 1.807) is 18.2 Å². The van der Waals surface area contributed by atoms with E-state index in [0.29, 0.717) is 76.0 Å². The quantitative estimate of drug-likeness (QED) is 0.0253. The molecule has 0 aromatic heterocycles. The maximum absolute atomic E-state index is 12.8. The fraction of sp³-hybridized carbons (Fsp3) is 0.802. The van der Waals surface area contributed by atoms with Crippen molar-refractivity contribution in [1.82, 2.24) is 31.9 Å². The van der Waals surface area contributed by atoms with Crippen LogP contribution in [-0.4, -0.2) is 104 Å². The number of carbonyl (C=O) groups excluding carboxylic acids is 12. The van der Waals surface area contributed by atoms with Crippen molar-refractivity contribution in [3.63, 3.8) is 0 Å². The number of amides is 12. The monoisotopic (exact) mass is 1770 g/mol. The third-order valence-corrected chi connectivity index (χ3v) is 22.5. The van der Waals surface area contributed by atoms with E-state index in [-0.39, 0.29) is 135 Å². The molecule has 12 atom stereocenters. The summed E-state index contributed by atoms with van der Waals surface area (Å²) in [5.74, 6) is -4.03. The molecule has 4 rings (SSSR count). The van der Waals surface area contributed by atoms with E-state index in [2.05, 4.69) is 92.8 Å². The Balaban J connectivity index is -0.000000229. The number of rotatable bonds is 44. The van der Waals surface area contributed by atoms with Crippen LogP contribution >= 0.6 is 0 Å². The number of hydrogen-bond donors (Lipinski definition) is 12. The first-order valence-electron chi connectivity index (χ1n) is 47.0. The van der Waals surface area contributed by atoms with Crippen LogP contribution < -0.4 is 66.3 Å². The highest BCUT2D eigenvalue weighted by atomic mass is 16.2. The van der Waals surface area contributed by atoms with Gasteiger partial charge in [-0.05, 0) is 281 Å². The first-order valence-corrected chi connectivity index (χ1v) is 47.0. The Labute approximate surface area is 768 Å². The summed E-state index contributed by atoms with van der Waals surface area (Å²) in [5, 5.41) is 18.0. The minimum Gasteiger partial charge on any atom is -0.369 e. The molecule has 4 fully saturated rings. The van der Waals surface area contributed by atoms with Crippen LogP contribution in [0.2, 0.25) is 0 Å². The van der Waals surface area contributed by atoms with Crippen LogP contribution in [0.1, 0.15) is 376 Å². The van der Waals surface area contributed by atoms with Gasteiger partial charge < -0.3 is 66.3 Å². The summed E-state index contributed by atoms with van der Waals surface area (Å²) in [6, 6.07) is 0. The SMILES string of the molecule is C=C(C)C[C@@H](C(=O)NC(C)(C)C)[C@H](CCC1CC1)C(N)=O.C=CCC[C@H](C(N)=O)[C@@H](CC(C)(C)C)C(=O)NC(C)(C)C.C=CCC[C@H](C(N)=O)[C@H](C(=O)NC(C)(C)C)C(C)(C)C.C=CCC[C@H](C(N)=O)[C@H](C(=O)NC(C)(C)C)C(C)C.CC(C)(C)NC(=O)[C@H](CC1CCCC1)[C@H](CCC1CC1)C(N)=O.CC(C)C[C@@H](C(=O)NC(C)(C)C)[C@H](CCC1CC1)C(N)=O.[HH].[HH].[HH].[HH].[HH].[HH]. The lowest BCUT2D eigenvalue weighted by atomic mass is 9.70. The number of allylic oxidation sites excluding steroid dienone is 4. The number of nitrogens with one attached hydrogen (secondary N) is 6. The minimum absolute atomic E-state index is 0. The summed E-state index contributed by atoms with van der Waals surface area (Å²) in [6.45, 7) is 71.9. The van der Waals surface area contributed by atoms with Crippen LogP contribution in [0.5, 0.6) is 0 Å². The highest BCUT2D eigenvalue weighted by Crippen LogP contribution is 2.42. The summed E-state index contributed by atoms with van der Waals surface area (Å²) in [6.07, 6.45) is 29.3. The number of carbonyl (C=O) groups is 12. The predicted octanol–water partition coefficient (Wildman–Crippen LogP) is 18.4. The standard InChI is InChI=1S/C19H34N2O2.C17H32N2O2.C17H30N2O2.C17H32N2O2.C16H30N2O2.C15H28N2O2.6H2/c1-19(2,3)21-18(23)16(12-14-6-4-5-7-14)15(17(20)22)11-10-13-8-9-13;2*1-11(2)10-14(16(21)19-17(3,4)5)13(15(18)20)9-8-12-6-7-12;1-8-9-10-12(14(18)20)13(11-16(2,3)4)15(21)19-17(5,6)7;1-8-9-10-11(13(17)19)12(15(2,3)4)14(20)18-16(5,6)7;1-7-8-9-11(13(16)18)12(10(2)3)14(19)17-15(4,5)6;;;;;;/h13-16H,4-12H2,1-3H3,(H2,20,22)(H,21,23);11-14H,6-10H2,1-5H3,(H2,18,20)(H,19,21);12-14H,1,6-10H2,2-5H3,(H2,18,20)(H,19,21);8,12-13H,1,9-11H2,2-7H3,(H2,18,20)(H,19,21);8,11-12H,1,9-10H2,2-7H3,(H2,17,19)(H,18,20);7,10-12H,1,8-9H2,2-6H3,(H2,16,18)(H,17,19);6*1H/t15-,16+;2*13-,14+;12-,13+;2*11-,12+;;;;;;/m000000....../s1. The van der Waals surface area contributed by atoms with Crippen molar-refractivity contribution in [2.45, 2.75) is 401 Å². The molecule has 0 unspecified atom stereocenters. The maximum Gasteiger partial charge on any atom is 0.224 e. The third-order valence-electron chi connectivity index (χ3n) is 22.5. The molecule has 0 saturated heterocycles. The van der Waals surface area contributed by atoms with Crippen molar-refractivity contribution in [2.75, 3.05) is 0 Å². The largest absolute Gasteiger partial charge is 0.369 e. The van der Waals surface area contributed by atoms with Gasteiger partial charge in [0.1, 0.15) is 0 Å². The molecule has 24 nitrogen and oxygen atoms in total. The van der Waals surface area contributed by atoms with Crippen LogP contribution in [0, 0.1) is 117 Å². The Morgan fingerprint density at radius 2 is 0.616 bits per heavy atom. The van der Waals surface area contributed by atoms with Crippen molar-refractivity contribution in [2.24, 2.45) is 152 Å². The molecule has 0 aromatic rings. The zero-order valence-electron chi connectivity index (χ0n) is 84.2. The second kappa shape index (κ2) is 54.8. The van der Waals surface area contributed by atoms with Gasteiger partial charge in [-0.25, -0.2) is 0 Å². The molecule has 0 aromatic carbocycles. The lowest BCUT2D eigenvalue weighted by Gasteiger charge is -2.36. The smallest absolute Gasteiger partial charge is 0.224 e. The number of hydrogen-bond acceptors (Lipinski definition) is 12. The molecule has 0 spiro atoms. The molecule has 4 aliphatic rings. The van der Waals surface area contributed by atoms with E-state index in [0.717, 1.165) is 61.9 Å². The van der Waals surface area contributed by atoms with E-state index in [9.17, 15) is 57.5 Å². The van der Waals surface area contributed by atoms with E-state index >= 15 is 0 Å². The van der Waals surface area contributed by atoms with E-state index in [1.807, 2.05) is 166 Å². The number of primary amides is 6. The van der Waals surface area contributed by atoms with Gasteiger partial charge in [0.15, 0.2) is 0 Å². The van der Waals surface area contributed by atoms with Gasteiger partial charge in [-0.3, -0.25) is 57.5 Å². The zero-order valence-corrected chi connectivity index (χ0v) is 84.2. The van der Waals surface area contributed by atoms with Gasteiger partial charge in [-0.1, -0.05) is 157 Å². The molecule has 12 amide bonds. The fourth-order valence-corrected chi connectivity index (χ4v) is 16.3. The van der Waals surface area contributed by atoms with E-state index < -0.39 is 65.1 Å². The number of nitrogens with two attached hydrogens (primary N) is 6. The topological polar surface area (TPSA) is 433 Å². The van der Waals surface area contributed by atoms with Gasteiger partial charge in [0.05, 0.1) is 29.6 Å². The summed E-state index contributed by atoms with van der Waals surface area (Å²) in [5.41, 5.74) is 32.1. The lowest BCUT2D eigenvalue weighted by Crippen LogP contribution is -2.51. The van der Waals surface area contributed by atoms with E-state index in [1.165, 1.54) is 64.2 Å². The molecule has 0 bridgehead atoms. The van der Waals surface area contributed by atoms with Crippen LogP contribution in [0.3, 0.4) is 0 Å². The van der Waals surface area contributed by atoms with Crippen LogP contribution in [0.4, 0.5) is 0 Å². The van der Waals surface area contributed by atoms with Crippen LogP contribution in [0.15, 0.2) is 50.1 Å². The predicted molar refractivity (Wildman–Crippen MR) is 525 cm³/mol. The van der Waals surface area contributed by atoms with Gasteiger partial charge in [0.25, 0.3) is 0 Å². The molecule has 4 saturated carbocycles. The Morgan fingerprint density at radius 3 is 0.896 bits per heavy atom. The van der Waals surface area contributed by atoms with Gasteiger partial charge >= 0.3 is 0 Å². The van der Waals surface area contributed by atoms with Gasteiger partial charge in [0.2, 0.25) is 70.9 Å². The summed E-state index contributed by atoms with van der Waals surface area (Å²) >= 11 is 0. The molecule has 734 valence electrons. The molecule has 0 heterocycles. The molecule has 24 heteroatoms. The summed E-state index contributed by atoms with van der Waals surface area (Å²) in [4.78, 5) is 146. The average molecular weight is 1770 g/mol. The summed E-state index contributed by atoms with van der Waals surface area (Å²) in [7, 11) is 0. The zero-order chi connectivity index (χ0) is 97.6. The third kappa shape index (κ3) is 56.5. The van der Waals surface area contributed by atoms with Crippen molar-refractivity contribution in [1.29, 1.82) is 0 Å². The Morgan fingerprint density at radius 1 is 0.344 bits per heavy atom. The molecular weight excluding hydrogens is 1570 g/mol. The first kappa shape index (κ1) is 120. The van der Waals surface area contributed by atoms with Gasteiger partial charge in [-0.2, -0.15) is 0 Å². The van der Waals surface area contributed by atoms with E-state index in [4.69, 9.17) is 34.4 Å². The van der Waals surface area contributed by atoms with Crippen molar-refractivity contribution in [3.05, 3.63) is 50.1 Å². The van der Waals surface area contributed by atoms with Gasteiger partial charge in [0, 0.05) is 83.2 Å². The molecule has 125 heavy (non-hydrogen) atoms. The second-order valence-corrected chi connectivity index (χ2v) is 46.1. The minimum atomic E-state index is -0.477. The average Bonchev–Trinajstić information content (AvgIpc) is 1.24. The van der Waals surface area contributed by atoms with Crippen LogP contribution in [0.25, 0.3) is 0 Å². The summed E-state index contributed by atoms with van der Waals surface area (Å²) < 4.78 is 0. The normalized spacial score (nSPS) is 17.4. The molecule has 4 aliphatic carbocycles. The Bertz CT molecular complexity index is 3420. The van der Waals surface area contributed by atoms with Crippen molar-refractivity contribution in [3.8, 4) is 0 Å². The van der Waals surface area contributed by atoms with Crippen molar-refractivity contribution < 1.29 is 66.1 Å². The fourth-order valence-electron chi connectivity index (χ4n) is 16.3. The van der Waals surface area contributed by atoms with Crippen LogP contribution in [-0.2, 0) is 57.5 Å². The highest BCUT2D eigenvalue weighted by Gasteiger charge is 2.44. The molecule has 18 N–H and O–H groups in total. The lowest BCUT2D eigenvalue weighted by molar-refractivity contribution is -0.139.